The molecular weight excluding hydrogens is 184 g/mol. The van der Waals surface area contributed by atoms with E-state index in [0.29, 0.717) is 17.2 Å². The van der Waals surface area contributed by atoms with Gasteiger partial charge in [0.2, 0.25) is 0 Å². The molecule has 0 spiro atoms. The van der Waals surface area contributed by atoms with Gasteiger partial charge in [0.15, 0.2) is 6.61 Å². The van der Waals surface area contributed by atoms with Gasteiger partial charge in [-0.25, -0.2) is 0 Å². The third-order valence-electron chi connectivity index (χ3n) is 1.59. The lowest BCUT2D eigenvalue weighted by Crippen LogP contribution is -2.20. The quantitative estimate of drug-likeness (QED) is 0.670. The summed E-state index contributed by atoms with van der Waals surface area (Å²) in [6.45, 7) is -0.197. The average Bonchev–Trinajstić information content (AvgIpc) is 2.16. The number of nitrogen functional groups attached to an aromatic ring is 1. The number of benzene rings is 1. The van der Waals surface area contributed by atoms with Crippen molar-refractivity contribution in [2.24, 2.45) is 5.73 Å². The maximum absolute atomic E-state index is 10.5. The third kappa shape index (κ3) is 2.55. The SMILES string of the molecule is COc1ccc(N)c(OCC(N)=O)c1. The number of ether oxygens (including phenoxy) is 2. The van der Waals surface area contributed by atoms with Gasteiger partial charge in [-0.05, 0) is 12.1 Å². The molecule has 0 fully saturated rings. The zero-order valence-corrected chi connectivity index (χ0v) is 7.82. The third-order valence-corrected chi connectivity index (χ3v) is 1.59. The number of carbonyl (C=O) groups excluding carboxylic acids is 1. The van der Waals surface area contributed by atoms with Gasteiger partial charge in [0.25, 0.3) is 5.91 Å². The molecule has 5 heteroatoms. The normalized spacial score (nSPS) is 9.50. The molecule has 0 atom stereocenters. The second-order valence-corrected chi connectivity index (χ2v) is 2.66. The van der Waals surface area contributed by atoms with Crippen LogP contribution >= 0.6 is 0 Å². The molecule has 0 aliphatic rings. The number of amides is 1. The Morgan fingerprint density at radius 2 is 2.21 bits per heavy atom. The monoisotopic (exact) mass is 196 g/mol. The number of hydrogen-bond acceptors (Lipinski definition) is 4. The lowest BCUT2D eigenvalue weighted by molar-refractivity contribution is -0.119. The Morgan fingerprint density at radius 1 is 1.50 bits per heavy atom. The lowest BCUT2D eigenvalue weighted by atomic mass is 10.3. The van der Waals surface area contributed by atoms with Crippen LogP contribution in [0, 0.1) is 0 Å². The fourth-order valence-electron chi connectivity index (χ4n) is 0.916. The topological polar surface area (TPSA) is 87.6 Å². The highest BCUT2D eigenvalue weighted by molar-refractivity contribution is 5.75. The lowest BCUT2D eigenvalue weighted by Gasteiger charge is -2.08. The zero-order chi connectivity index (χ0) is 10.6. The average molecular weight is 196 g/mol. The Morgan fingerprint density at radius 3 is 2.79 bits per heavy atom. The summed E-state index contributed by atoms with van der Waals surface area (Å²) in [5.41, 5.74) is 11.0. The maximum Gasteiger partial charge on any atom is 0.255 e. The van der Waals surface area contributed by atoms with Crippen LogP contribution in [0.4, 0.5) is 5.69 Å². The fourth-order valence-corrected chi connectivity index (χ4v) is 0.916. The van der Waals surface area contributed by atoms with Crippen LogP contribution in [0.15, 0.2) is 18.2 Å². The van der Waals surface area contributed by atoms with Gasteiger partial charge in [0, 0.05) is 6.07 Å². The minimum Gasteiger partial charge on any atom is -0.497 e. The predicted octanol–water partition coefficient (Wildman–Crippen LogP) is 0.141. The van der Waals surface area contributed by atoms with E-state index in [9.17, 15) is 4.79 Å². The molecule has 5 nitrogen and oxygen atoms in total. The number of hydrogen-bond donors (Lipinski definition) is 2. The van der Waals surface area contributed by atoms with Crippen LogP contribution in [0.1, 0.15) is 0 Å². The van der Waals surface area contributed by atoms with Crippen molar-refractivity contribution in [1.29, 1.82) is 0 Å². The number of anilines is 1. The molecule has 14 heavy (non-hydrogen) atoms. The van der Waals surface area contributed by atoms with Crippen LogP contribution in [-0.2, 0) is 4.79 Å². The van der Waals surface area contributed by atoms with E-state index in [1.54, 1.807) is 18.2 Å². The molecule has 1 amide bonds. The highest BCUT2D eigenvalue weighted by Gasteiger charge is 2.03. The summed E-state index contributed by atoms with van der Waals surface area (Å²) in [7, 11) is 1.53. The second kappa shape index (κ2) is 4.36. The zero-order valence-electron chi connectivity index (χ0n) is 7.82. The Bertz CT molecular complexity index is 339. The van der Waals surface area contributed by atoms with Crippen molar-refractivity contribution < 1.29 is 14.3 Å². The highest BCUT2D eigenvalue weighted by Crippen LogP contribution is 2.26. The smallest absolute Gasteiger partial charge is 0.255 e. The summed E-state index contributed by atoms with van der Waals surface area (Å²) in [6, 6.07) is 4.93. The van der Waals surface area contributed by atoms with Crippen molar-refractivity contribution in [3.05, 3.63) is 18.2 Å². The molecule has 0 heterocycles. The van der Waals surface area contributed by atoms with Gasteiger partial charge in [-0.2, -0.15) is 0 Å². The number of nitrogens with two attached hydrogens (primary N) is 2. The van der Waals surface area contributed by atoms with Crippen molar-refractivity contribution in [3.8, 4) is 11.5 Å². The highest BCUT2D eigenvalue weighted by atomic mass is 16.5. The van der Waals surface area contributed by atoms with E-state index in [-0.39, 0.29) is 6.61 Å². The molecule has 0 bridgehead atoms. The van der Waals surface area contributed by atoms with E-state index < -0.39 is 5.91 Å². The van der Waals surface area contributed by atoms with Crippen LogP contribution < -0.4 is 20.9 Å². The second-order valence-electron chi connectivity index (χ2n) is 2.66. The van der Waals surface area contributed by atoms with E-state index in [0.717, 1.165) is 0 Å². The van der Waals surface area contributed by atoms with Gasteiger partial charge < -0.3 is 20.9 Å². The molecule has 76 valence electrons. The first-order valence-electron chi connectivity index (χ1n) is 3.98. The number of methoxy groups -OCH3 is 1. The molecule has 4 N–H and O–H groups in total. The maximum atomic E-state index is 10.5. The van der Waals surface area contributed by atoms with Crippen LogP contribution in [0.25, 0.3) is 0 Å². The first-order valence-corrected chi connectivity index (χ1v) is 3.98. The van der Waals surface area contributed by atoms with Crippen LogP contribution in [0.2, 0.25) is 0 Å². The molecule has 0 unspecified atom stereocenters. The Hall–Kier alpha value is -1.91. The van der Waals surface area contributed by atoms with Gasteiger partial charge in [-0.1, -0.05) is 0 Å². The van der Waals surface area contributed by atoms with Crippen LogP contribution in [-0.4, -0.2) is 19.6 Å². The van der Waals surface area contributed by atoms with E-state index in [2.05, 4.69) is 0 Å². The van der Waals surface area contributed by atoms with Gasteiger partial charge in [-0.3, -0.25) is 4.79 Å². The molecule has 1 aromatic carbocycles. The van der Waals surface area contributed by atoms with E-state index >= 15 is 0 Å². The fraction of sp³-hybridized carbons (Fsp3) is 0.222. The number of primary amides is 1. The molecule has 0 radical (unpaired) electrons. The van der Waals surface area contributed by atoms with E-state index in [1.807, 2.05) is 0 Å². The molecule has 0 saturated heterocycles. The summed E-state index contributed by atoms with van der Waals surface area (Å²) in [6.07, 6.45) is 0. The summed E-state index contributed by atoms with van der Waals surface area (Å²) in [5.74, 6) is 0.453. The van der Waals surface area contributed by atoms with E-state index in [1.165, 1.54) is 7.11 Å². The Labute approximate surface area is 81.6 Å². The van der Waals surface area contributed by atoms with Crippen molar-refractivity contribution in [1.82, 2.24) is 0 Å². The minimum absolute atomic E-state index is 0.197. The number of carbonyl (C=O) groups is 1. The molecule has 0 aliphatic heterocycles. The molecule has 1 aromatic rings. The molecule has 0 aliphatic carbocycles. The van der Waals surface area contributed by atoms with Crippen molar-refractivity contribution >= 4 is 11.6 Å². The predicted molar refractivity (Wildman–Crippen MR) is 52.1 cm³/mol. The van der Waals surface area contributed by atoms with Gasteiger partial charge in [-0.15, -0.1) is 0 Å². The summed E-state index contributed by atoms with van der Waals surface area (Å²) in [5, 5.41) is 0. The summed E-state index contributed by atoms with van der Waals surface area (Å²) in [4.78, 5) is 10.5. The van der Waals surface area contributed by atoms with Crippen molar-refractivity contribution in [2.45, 2.75) is 0 Å². The number of rotatable bonds is 4. The molecule has 1 rings (SSSR count). The van der Waals surface area contributed by atoms with Gasteiger partial charge >= 0.3 is 0 Å². The van der Waals surface area contributed by atoms with Crippen molar-refractivity contribution in [3.63, 3.8) is 0 Å². The largest absolute Gasteiger partial charge is 0.497 e. The first kappa shape index (κ1) is 10.2. The van der Waals surface area contributed by atoms with Gasteiger partial charge in [0.1, 0.15) is 11.5 Å². The van der Waals surface area contributed by atoms with Crippen molar-refractivity contribution in [2.75, 3.05) is 19.5 Å². The van der Waals surface area contributed by atoms with Crippen LogP contribution in [0.3, 0.4) is 0 Å². The Kier molecular flexibility index (Phi) is 3.17. The molecule has 0 aromatic heterocycles. The van der Waals surface area contributed by atoms with E-state index in [4.69, 9.17) is 20.9 Å². The first-order chi connectivity index (χ1) is 6.63. The minimum atomic E-state index is -0.549. The molecule has 0 saturated carbocycles. The van der Waals surface area contributed by atoms with Gasteiger partial charge in [0.05, 0.1) is 12.8 Å². The Balaban J connectivity index is 2.78. The molecular formula is C9H12N2O3. The summed E-state index contributed by atoms with van der Waals surface area (Å²) >= 11 is 0. The standard InChI is InChI=1S/C9H12N2O3/c1-13-6-2-3-7(10)8(4-6)14-5-9(11)12/h2-4H,5,10H2,1H3,(H2,11,12). The summed E-state index contributed by atoms with van der Waals surface area (Å²) < 4.78 is 10.0. The van der Waals surface area contributed by atoms with Crippen LogP contribution in [0.5, 0.6) is 11.5 Å².